The molecule has 8 nitrogen and oxygen atoms in total. The van der Waals surface area contributed by atoms with Gasteiger partial charge >= 0.3 is 0 Å². The van der Waals surface area contributed by atoms with Crippen LogP contribution < -0.4 is 5.32 Å². The van der Waals surface area contributed by atoms with Gasteiger partial charge in [0.15, 0.2) is 5.69 Å². The van der Waals surface area contributed by atoms with Gasteiger partial charge in [-0.25, -0.2) is 9.37 Å². The maximum absolute atomic E-state index is 13.3. The van der Waals surface area contributed by atoms with Gasteiger partial charge in [0.1, 0.15) is 12.1 Å². The number of amides is 1. The molecule has 2 N–H and O–H groups in total. The first-order valence-corrected chi connectivity index (χ1v) is 11.4. The Balaban J connectivity index is 1.19. The fraction of sp³-hybridized carbons (Fsp3) is 0.565. The summed E-state index contributed by atoms with van der Waals surface area (Å²) in [6.45, 7) is 7.65. The van der Waals surface area contributed by atoms with E-state index in [1.165, 1.54) is 43.7 Å². The molecule has 1 amide bonds. The Hall–Kier alpha value is -2.33. The average molecular weight is 446 g/mol. The number of β-amino-alcohol motifs (C(OH)–C–C–N with tert-alkyl or cyclic N) is 1. The Morgan fingerprint density at radius 1 is 1.06 bits per heavy atom. The second-order valence-electron chi connectivity index (χ2n) is 8.68. The summed E-state index contributed by atoms with van der Waals surface area (Å²) in [5.41, 5.74) is 0.543. The van der Waals surface area contributed by atoms with Crippen LogP contribution >= 0.6 is 0 Å². The summed E-state index contributed by atoms with van der Waals surface area (Å²) in [6, 6.07) is 5.72. The van der Waals surface area contributed by atoms with Gasteiger partial charge < -0.3 is 19.7 Å². The number of piperidine rings is 1. The van der Waals surface area contributed by atoms with E-state index in [0.717, 1.165) is 45.8 Å². The molecule has 2 fully saturated rings. The highest BCUT2D eigenvalue weighted by molar-refractivity contribution is 6.02. The number of carbonyl (C=O) groups is 1. The minimum atomic E-state index is -0.432. The van der Waals surface area contributed by atoms with Gasteiger partial charge in [-0.3, -0.25) is 14.6 Å². The highest BCUT2D eigenvalue weighted by Crippen LogP contribution is 2.14. The van der Waals surface area contributed by atoms with Gasteiger partial charge in [-0.2, -0.15) is 0 Å². The van der Waals surface area contributed by atoms with Crippen molar-refractivity contribution in [2.75, 3.05) is 57.7 Å². The third-order valence-corrected chi connectivity index (χ3v) is 6.08. The molecule has 1 aromatic carbocycles. The summed E-state index contributed by atoms with van der Waals surface area (Å²) in [4.78, 5) is 23.5. The van der Waals surface area contributed by atoms with Crippen LogP contribution in [0.3, 0.4) is 0 Å². The van der Waals surface area contributed by atoms with Crippen LogP contribution in [-0.4, -0.2) is 89.2 Å². The number of nitrogens with one attached hydrogen (secondary N) is 1. The van der Waals surface area contributed by atoms with E-state index in [1.54, 1.807) is 6.07 Å². The Morgan fingerprint density at radius 3 is 2.47 bits per heavy atom. The molecule has 2 aromatic rings. The second-order valence-corrected chi connectivity index (χ2v) is 8.68. The Labute approximate surface area is 188 Å². The highest BCUT2D eigenvalue weighted by Gasteiger charge is 2.23. The van der Waals surface area contributed by atoms with Crippen LogP contribution in [0, 0.1) is 5.82 Å². The number of benzene rings is 1. The maximum Gasteiger partial charge on any atom is 0.277 e. The van der Waals surface area contributed by atoms with Crippen molar-refractivity contribution in [2.45, 2.75) is 31.9 Å². The van der Waals surface area contributed by atoms with Gasteiger partial charge in [0, 0.05) is 45.0 Å². The van der Waals surface area contributed by atoms with Gasteiger partial charge in [-0.1, -0.05) is 12.5 Å². The van der Waals surface area contributed by atoms with Gasteiger partial charge in [0.2, 0.25) is 5.89 Å². The molecular formula is C23H32FN5O3. The minimum Gasteiger partial charge on any atom is -0.447 e. The van der Waals surface area contributed by atoms with Crippen molar-refractivity contribution in [1.82, 2.24) is 19.7 Å². The number of aliphatic hydroxyl groups excluding tert-OH is 1. The standard InChI is InChI=1S/C23H32FN5O3/c24-18-5-4-6-19(13-18)25-23(31)21-17-32-22(26-21)16-29-11-9-28(10-12-29)15-20(30)14-27-7-2-1-3-8-27/h4-6,13,17,20,30H,1-3,7-12,14-16H2,(H,25,31)/t20-/m1/s1. The third-order valence-electron chi connectivity index (χ3n) is 6.08. The van der Waals surface area contributed by atoms with E-state index in [1.807, 2.05) is 0 Å². The molecule has 3 heterocycles. The largest absolute Gasteiger partial charge is 0.447 e. The number of hydrogen-bond donors (Lipinski definition) is 2. The Kier molecular flexibility index (Phi) is 7.85. The number of nitrogens with zero attached hydrogens (tertiary/aromatic N) is 4. The number of aromatic nitrogens is 1. The van der Waals surface area contributed by atoms with E-state index in [4.69, 9.17) is 4.42 Å². The molecule has 9 heteroatoms. The van der Waals surface area contributed by atoms with Crippen molar-refractivity contribution in [2.24, 2.45) is 0 Å². The van der Waals surface area contributed by atoms with Crippen molar-refractivity contribution in [3.8, 4) is 0 Å². The lowest BCUT2D eigenvalue weighted by molar-refractivity contribution is 0.0434. The Bertz CT molecular complexity index is 878. The smallest absolute Gasteiger partial charge is 0.277 e. The number of carbonyl (C=O) groups excluding carboxylic acids is 1. The zero-order valence-electron chi connectivity index (χ0n) is 18.4. The zero-order valence-corrected chi connectivity index (χ0v) is 18.4. The molecule has 0 aliphatic carbocycles. The molecule has 2 saturated heterocycles. The van der Waals surface area contributed by atoms with E-state index in [-0.39, 0.29) is 11.8 Å². The lowest BCUT2D eigenvalue weighted by Crippen LogP contribution is -2.50. The fourth-order valence-electron chi connectivity index (χ4n) is 4.37. The lowest BCUT2D eigenvalue weighted by atomic mass is 10.1. The summed E-state index contributed by atoms with van der Waals surface area (Å²) < 4.78 is 18.8. The molecule has 174 valence electrons. The first-order valence-electron chi connectivity index (χ1n) is 11.4. The monoisotopic (exact) mass is 445 g/mol. The van der Waals surface area contributed by atoms with E-state index < -0.39 is 11.7 Å². The summed E-state index contributed by atoms with van der Waals surface area (Å²) in [5.74, 6) is -0.368. The van der Waals surface area contributed by atoms with Crippen molar-refractivity contribution in [3.63, 3.8) is 0 Å². The molecule has 0 saturated carbocycles. The lowest BCUT2D eigenvalue weighted by Gasteiger charge is -2.36. The van der Waals surface area contributed by atoms with E-state index in [2.05, 4.69) is 25.0 Å². The van der Waals surface area contributed by atoms with Gasteiger partial charge in [-0.05, 0) is 44.1 Å². The summed E-state index contributed by atoms with van der Waals surface area (Å²) >= 11 is 0. The minimum absolute atomic E-state index is 0.170. The fourth-order valence-corrected chi connectivity index (χ4v) is 4.37. The topological polar surface area (TPSA) is 85.1 Å². The number of likely N-dealkylation sites (tertiary alicyclic amines) is 1. The zero-order chi connectivity index (χ0) is 22.3. The number of hydrogen-bond acceptors (Lipinski definition) is 7. The van der Waals surface area contributed by atoms with E-state index in [9.17, 15) is 14.3 Å². The predicted octanol–water partition coefficient (Wildman–Crippen LogP) is 2.03. The van der Waals surface area contributed by atoms with Gasteiger partial charge in [0.05, 0.1) is 12.6 Å². The first-order chi connectivity index (χ1) is 15.5. The Morgan fingerprint density at radius 2 is 1.75 bits per heavy atom. The van der Waals surface area contributed by atoms with Crippen LogP contribution in [0.15, 0.2) is 34.9 Å². The summed E-state index contributed by atoms with van der Waals surface area (Å²) in [7, 11) is 0. The average Bonchev–Trinajstić information content (AvgIpc) is 3.24. The number of halogens is 1. The van der Waals surface area contributed by atoms with Crippen molar-refractivity contribution in [3.05, 3.63) is 47.9 Å². The van der Waals surface area contributed by atoms with Crippen LogP contribution in [0.4, 0.5) is 10.1 Å². The number of aliphatic hydroxyl groups is 1. The van der Waals surface area contributed by atoms with Gasteiger partial charge in [-0.15, -0.1) is 0 Å². The molecule has 0 radical (unpaired) electrons. The predicted molar refractivity (Wildman–Crippen MR) is 119 cm³/mol. The summed E-state index contributed by atoms with van der Waals surface area (Å²) in [6.07, 6.45) is 4.79. The van der Waals surface area contributed by atoms with Crippen molar-refractivity contribution in [1.29, 1.82) is 0 Å². The van der Waals surface area contributed by atoms with Gasteiger partial charge in [0.25, 0.3) is 5.91 Å². The molecule has 0 unspecified atom stereocenters. The maximum atomic E-state index is 13.3. The molecule has 1 aromatic heterocycles. The SMILES string of the molecule is O=C(Nc1cccc(F)c1)c1coc(CN2CCN(C[C@H](O)CN3CCCCC3)CC2)n1. The molecule has 4 rings (SSSR count). The van der Waals surface area contributed by atoms with Crippen LogP contribution in [0.25, 0.3) is 0 Å². The number of rotatable bonds is 8. The number of anilines is 1. The molecule has 1 atom stereocenters. The molecule has 2 aliphatic rings. The third kappa shape index (κ3) is 6.59. The number of oxazole rings is 1. The normalized spacial score (nSPS) is 19.7. The highest BCUT2D eigenvalue weighted by atomic mass is 19.1. The van der Waals surface area contributed by atoms with Crippen LogP contribution in [0.5, 0.6) is 0 Å². The van der Waals surface area contributed by atoms with E-state index in [0.29, 0.717) is 24.7 Å². The van der Waals surface area contributed by atoms with Crippen molar-refractivity contribution >= 4 is 11.6 Å². The quantitative estimate of drug-likeness (QED) is 0.643. The molecule has 0 spiro atoms. The molecular weight excluding hydrogens is 413 g/mol. The molecule has 0 bridgehead atoms. The van der Waals surface area contributed by atoms with Crippen LogP contribution in [-0.2, 0) is 6.54 Å². The summed E-state index contributed by atoms with van der Waals surface area (Å²) in [5, 5.41) is 13.1. The molecule has 32 heavy (non-hydrogen) atoms. The first kappa shape index (κ1) is 22.8. The van der Waals surface area contributed by atoms with Crippen LogP contribution in [0.2, 0.25) is 0 Å². The second kappa shape index (κ2) is 11.0. The van der Waals surface area contributed by atoms with E-state index >= 15 is 0 Å². The van der Waals surface area contributed by atoms with Crippen molar-refractivity contribution < 1.29 is 18.7 Å². The molecule has 2 aliphatic heterocycles. The van der Waals surface area contributed by atoms with Crippen LogP contribution in [0.1, 0.15) is 35.6 Å². The number of piperazine rings is 1.